The highest BCUT2D eigenvalue weighted by Gasteiger charge is 2.33. The van der Waals surface area contributed by atoms with Gasteiger partial charge in [0.25, 0.3) is 0 Å². The van der Waals surface area contributed by atoms with Crippen LogP contribution < -0.4 is 19.5 Å². The van der Waals surface area contributed by atoms with Crippen molar-refractivity contribution in [2.75, 3.05) is 34.4 Å². The second-order valence-corrected chi connectivity index (χ2v) is 9.64. The second kappa shape index (κ2) is 10.2. The van der Waals surface area contributed by atoms with Crippen molar-refractivity contribution in [2.45, 2.75) is 30.7 Å². The van der Waals surface area contributed by atoms with Crippen LogP contribution in [0.15, 0.2) is 47.4 Å². The summed E-state index contributed by atoms with van der Waals surface area (Å²) in [7, 11) is 0.883. The minimum atomic E-state index is -3.69. The van der Waals surface area contributed by atoms with Crippen LogP contribution in [0.4, 0.5) is 0 Å². The van der Waals surface area contributed by atoms with Crippen molar-refractivity contribution < 1.29 is 27.4 Å². The van der Waals surface area contributed by atoms with Crippen molar-refractivity contribution in [3.8, 4) is 17.2 Å². The van der Waals surface area contributed by atoms with E-state index in [0.717, 1.165) is 11.3 Å². The zero-order chi connectivity index (χ0) is 23.3. The van der Waals surface area contributed by atoms with Crippen LogP contribution in [-0.2, 0) is 14.8 Å². The summed E-state index contributed by atoms with van der Waals surface area (Å²) in [6.45, 7) is 2.49. The molecule has 1 amide bonds. The molecule has 2 aromatic carbocycles. The van der Waals surface area contributed by atoms with Crippen molar-refractivity contribution in [2.24, 2.45) is 5.92 Å². The molecule has 0 bridgehead atoms. The number of carbonyl (C=O) groups is 1. The summed E-state index contributed by atoms with van der Waals surface area (Å²) in [5.74, 6) is 1.29. The molecule has 9 heteroatoms. The van der Waals surface area contributed by atoms with Crippen LogP contribution in [0.2, 0.25) is 0 Å². The first-order chi connectivity index (χ1) is 15.3. The Hall–Kier alpha value is -2.78. The third-order valence-electron chi connectivity index (χ3n) is 5.79. The number of amides is 1. The average molecular weight is 463 g/mol. The molecule has 1 aliphatic heterocycles. The van der Waals surface area contributed by atoms with Gasteiger partial charge < -0.3 is 19.5 Å². The Morgan fingerprint density at radius 3 is 2.16 bits per heavy atom. The highest BCUT2D eigenvalue weighted by Crippen LogP contribution is 2.32. The smallest absolute Gasteiger partial charge is 0.243 e. The minimum Gasteiger partial charge on any atom is -0.497 e. The summed E-state index contributed by atoms with van der Waals surface area (Å²) < 4.78 is 43.1. The third-order valence-corrected chi connectivity index (χ3v) is 7.69. The normalized spacial score (nSPS) is 16.2. The van der Waals surface area contributed by atoms with Gasteiger partial charge in [-0.3, -0.25) is 4.79 Å². The first-order valence-electron chi connectivity index (χ1n) is 10.5. The molecule has 0 aliphatic carbocycles. The van der Waals surface area contributed by atoms with Gasteiger partial charge in [0.1, 0.15) is 5.75 Å². The molecule has 1 atom stereocenters. The summed E-state index contributed by atoms with van der Waals surface area (Å²) >= 11 is 0. The summed E-state index contributed by atoms with van der Waals surface area (Å²) in [4.78, 5) is 12.9. The molecule has 8 nitrogen and oxygen atoms in total. The third kappa shape index (κ3) is 5.16. The van der Waals surface area contributed by atoms with Gasteiger partial charge in [0, 0.05) is 25.1 Å². The summed E-state index contributed by atoms with van der Waals surface area (Å²) in [6, 6.07) is 11.9. The highest BCUT2D eigenvalue weighted by atomic mass is 32.2. The first-order valence-corrected chi connectivity index (χ1v) is 11.9. The summed E-state index contributed by atoms with van der Waals surface area (Å²) in [5, 5.41) is 3.04. The van der Waals surface area contributed by atoms with Crippen LogP contribution in [0, 0.1) is 5.92 Å². The molecular weight excluding hydrogens is 432 g/mol. The maximum atomic E-state index is 13.1. The van der Waals surface area contributed by atoms with Crippen LogP contribution in [0.25, 0.3) is 0 Å². The fourth-order valence-corrected chi connectivity index (χ4v) is 5.28. The Bertz CT molecular complexity index is 1030. The molecule has 174 valence electrons. The molecule has 0 aromatic heterocycles. The van der Waals surface area contributed by atoms with E-state index in [2.05, 4.69) is 5.32 Å². The molecule has 1 saturated heterocycles. The van der Waals surface area contributed by atoms with Gasteiger partial charge in [0.15, 0.2) is 11.5 Å². The molecule has 1 fully saturated rings. The Morgan fingerprint density at radius 1 is 0.969 bits per heavy atom. The van der Waals surface area contributed by atoms with E-state index in [0.29, 0.717) is 24.3 Å². The number of hydrogen-bond acceptors (Lipinski definition) is 6. The van der Waals surface area contributed by atoms with Crippen molar-refractivity contribution in [3.63, 3.8) is 0 Å². The van der Waals surface area contributed by atoms with Gasteiger partial charge in [-0.2, -0.15) is 4.31 Å². The molecule has 0 spiro atoms. The first kappa shape index (κ1) is 23.9. The lowest BCUT2D eigenvalue weighted by Gasteiger charge is -2.31. The van der Waals surface area contributed by atoms with Crippen molar-refractivity contribution in [3.05, 3.63) is 48.0 Å². The van der Waals surface area contributed by atoms with Crippen molar-refractivity contribution in [1.29, 1.82) is 0 Å². The monoisotopic (exact) mass is 462 g/mol. The SMILES string of the molecule is COc1ccc(C(C)NC(=O)C2CCN(S(=O)(=O)c3ccc(OC)c(OC)c3)CC2)cc1. The molecule has 2 aromatic rings. The quantitative estimate of drug-likeness (QED) is 0.648. The number of sulfonamides is 1. The number of nitrogens with one attached hydrogen (secondary N) is 1. The second-order valence-electron chi connectivity index (χ2n) is 7.70. The molecule has 3 rings (SSSR count). The zero-order valence-electron chi connectivity index (χ0n) is 18.8. The molecule has 1 N–H and O–H groups in total. The molecule has 0 radical (unpaired) electrons. The fraction of sp³-hybridized carbons (Fsp3) is 0.435. The Balaban J connectivity index is 1.60. The standard InChI is InChI=1S/C23H30N2O6S/c1-16(17-5-7-19(29-2)8-6-17)24-23(26)18-11-13-25(14-12-18)32(27,28)20-9-10-21(30-3)22(15-20)31-4/h5-10,15-16,18H,11-14H2,1-4H3,(H,24,26). The van der Waals surface area contributed by atoms with Crippen LogP contribution in [0.3, 0.4) is 0 Å². The maximum absolute atomic E-state index is 13.1. The average Bonchev–Trinajstić information content (AvgIpc) is 2.83. The highest BCUT2D eigenvalue weighted by molar-refractivity contribution is 7.89. The van der Waals surface area contributed by atoms with Crippen LogP contribution in [0.5, 0.6) is 17.2 Å². The summed E-state index contributed by atoms with van der Waals surface area (Å²) in [5.41, 5.74) is 0.979. The molecule has 1 aliphatic rings. The molecule has 32 heavy (non-hydrogen) atoms. The van der Waals surface area contributed by atoms with E-state index >= 15 is 0 Å². The minimum absolute atomic E-state index is 0.0588. The topological polar surface area (TPSA) is 94.2 Å². The van der Waals surface area contributed by atoms with E-state index in [-0.39, 0.29) is 35.9 Å². The number of benzene rings is 2. The number of hydrogen-bond donors (Lipinski definition) is 1. The lowest BCUT2D eigenvalue weighted by molar-refractivity contribution is -0.126. The molecule has 1 unspecified atom stereocenters. The fourth-order valence-electron chi connectivity index (χ4n) is 3.79. The number of rotatable bonds is 8. The number of methoxy groups -OCH3 is 3. The number of piperidine rings is 1. The summed E-state index contributed by atoms with van der Waals surface area (Å²) in [6.07, 6.45) is 0.932. The number of nitrogens with zero attached hydrogens (tertiary/aromatic N) is 1. The molecule has 0 saturated carbocycles. The van der Waals surface area contributed by atoms with Gasteiger partial charge in [-0.25, -0.2) is 8.42 Å². The van der Waals surface area contributed by atoms with Gasteiger partial charge in [-0.15, -0.1) is 0 Å². The van der Waals surface area contributed by atoms with Gasteiger partial charge in [0.2, 0.25) is 15.9 Å². The van der Waals surface area contributed by atoms with E-state index in [1.54, 1.807) is 13.2 Å². The maximum Gasteiger partial charge on any atom is 0.243 e. The van der Waals surface area contributed by atoms with E-state index in [1.165, 1.54) is 30.7 Å². The largest absolute Gasteiger partial charge is 0.497 e. The van der Waals surface area contributed by atoms with E-state index in [1.807, 2.05) is 31.2 Å². The number of ether oxygens (including phenoxy) is 3. The zero-order valence-corrected chi connectivity index (χ0v) is 19.6. The Kier molecular flexibility index (Phi) is 7.63. The van der Waals surface area contributed by atoms with E-state index in [9.17, 15) is 13.2 Å². The van der Waals surface area contributed by atoms with Crippen LogP contribution in [-0.4, -0.2) is 53.0 Å². The molecule has 1 heterocycles. The predicted octanol–water partition coefficient (Wildman–Crippen LogP) is 2.99. The van der Waals surface area contributed by atoms with Crippen LogP contribution in [0.1, 0.15) is 31.4 Å². The van der Waals surface area contributed by atoms with Gasteiger partial charge in [-0.05, 0) is 49.6 Å². The molecular formula is C23H30N2O6S. The lowest BCUT2D eigenvalue weighted by Crippen LogP contribution is -2.43. The number of carbonyl (C=O) groups excluding carboxylic acids is 1. The van der Waals surface area contributed by atoms with Gasteiger partial charge in [-0.1, -0.05) is 12.1 Å². The van der Waals surface area contributed by atoms with Gasteiger partial charge >= 0.3 is 0 Å². The Labute approximate surface area is 189 Å². The van der Waals surface area contributed by atoms with Crippen LogP contribution >= 0.6 is 0 Å². The lowest BCUT2D eigenvalue weighted by atomic mass is 9.96. The Morgan fingerprint density at radius 2 is 1.59 bits per heavy atom. The van der Waals surface area contributed by atoms with E-state index < -0.39 is 10.0 Å². The van der Waals surface area contributed by atoms with Crippen molar-refractivity contribution in [1.82, 2.24) is 9.62 Å². The van der Waals surface area contributed by atoms with E-state index in [4.69, 9.17) is 14.2 Å². The predicted molar refractivity (Wildman–Crippen MR) is 121 cm³/mol. The van der Waals surface area contributed by atoms with Gasteiger partial charge in [0.05, 0.1) is 32.3 Å². The van der Waals surface area contributed by atoms with Crippen molar-refractivity contribution >= 4 is 15.9 Å².